The number of fused-ring (bicyclic) bond motifs is 3. The van der Waals surface area contributed by atoms with Gasteiger partial charge in [0.25, 0.3) is 0 Å². The van der Waals surface area contributed by atoms with Crippen LogP contribution in [0.5, 0.6) is 5.75 Å². The highest BCUT2D eigenvalue weighted by molar-refractivity contribution is 6.30. The van der Waals surface area contributed by atoms with Gasteiger partial charge in [0.05, 0.1) is 0 Å². The lowest BCUT2D eigenvalue weighted by Gasteiger charge is -2.37. The quantitative estimate of drug-likeness (QED) is 0.817. The monoisotopic (exact) mass is 333 g/mol. The van der Waals surface area contributed by atoms with Crippen LogP contribution in [-0.2, 0) is 0 Å². The number of hydrogen-bond donors (Lipinski definition) is 2. The maximum absolute atomic E-state index is 6.13. The number of likely N-dealkylation sites (N-methyl/N-ethyl adjacent to an activating group) is 1. The van der Waals surface area contributed by atoms with Crippen molar-refractivity contribution in [2.75, 3.05) is 20.1 Å². The molecule has 6 nitrogen and oxygen atoms in total. The highest BCUT2D eigenvalue weighted by Gasteiger charge is 2.43. The number of aliphatic imine (C=N–C) groups is 2. The van der Waals surface area contributed by atoms with Crippen molar-refractivity contribution in [2.45, 2.75) is 31.0 Å². The molecule has 0 aromatic heterocycles. The first-order chi connectivity index (χ1) is 11.2. The molecule has 3 atom stereocenters. The van der Waals surface area contributed by atoms with E-state index in [9.17, 15) is 0 Å². The SMILES string of the molecule is CN[C@H]1CCCN(C2=NC(N)=NC3c4cc(Cl)ccc4OC23)C1. The molecule has 122 valence electrons. The number of likely N-dealkylation sites (tertiary alicyclic amines) is 1. The van der Waals surface area contributed by atoms with E-state index in [1.54, 1.807) is 0 Å². The van der Waals surface area contributed by atoms with Crippen molar-refractivity contribution in [1.82, 2.24) is 10.2 Å². The molecular formula is C16H20ClN5O. The van der Waals surface area contributed by atoms with Crippen molar-refractivity contribution in [3.8, 4) is 5.75 Å². The van der Waals surface area contributed by atoms with Crippen molar-refractivity contribution in [3.63, 3.8) is 0 Å². The van der Waals surface area contributed by atoms with Gasteiger partial charge in [-0.1, -0.05) is 11.6 Å². The van der Waals surface area contributed by atoms with Crippen LogP contribution in [-0.4, -0.2) is 49.0 Å². The molecule has 0 bridgehead atoms. The molecule has 4 rings (SSSR count). The van der Waals surface area contributed by atoms with Crippen molar-refractivity contribution in [1.29, 1.82) is 0 Å². The molecule has 0 radical (unpaired) electrons. The highest BCUT2D eigenvalue weighted by Crippen LogP contribution is 2.42. The van der Waals surface area contributed by atoms with Crippen LogP contribution in [0.1, 0.15) is 24.4 Å². The molecule has 0 aliphatic carbocycles. The second kappa shape index (κ2) is 5.69. The largest absolute Gasteiger partial charge is 0.479 e. The number of nitrogens with two attached hydrogens (primary N) is 1. The average molecular weight is 334 g/mol. The van der Waals surface area contributed by atoms with Gasteiger partial charge >= 0.3 is 0 Å². The summed E-state index contributed by atoms with van der Waals surface area (Å²) in [6.07, 6.45) is 2.08. The molecule has 3 heterocycles. The summed E-state index contributed by atoms with van der Waals surface area (Å²) >= 11 is 6.13. The van der Waals surface area contributed by atoms with Gasteiger partial charge in [-0.05, 0) is 38.1 Å². The number of amidine groups is 1. The van der Waals surface area contributed by atoms with Gasteiger partial charge in [0, 0.05) is 29.7 Å². The van der Waals surface area contributed by atoms with Gasteiger partial charge in [-0.2, -0.15) is 4.99 Å². The number of guanidine groups is 1. The number of halogens is 1. The van der Waals surface area contributed by atoms with Crippen LogP contribution in [0.2, 0.25) is 5.02 Å². The number of rotatable bonds is 1. The molecule has 2 unspecified atom stereocenters. The van der Waals surface area contributed by atoms with Gasteiger partial charge in [0.1, 0.15) is 11.8 Å². The maximum Gasteiger partial charge on any atom is 0.217 e. The van der Waals surface area contributed by atoms with E-state index in [1.807, 2.05) is 25.2 Å². The second-order valence-electron chi connectivity index (χ2n) is 6.20. The van der Waals surface area contributed by atoms with Crippen molar-refractivity contribution in [3.05, 3.63) is 28.8 Å². The Morgan fingerprint density at radius 2 is 2.30 bits per heavy atom. The Balaban J connectivity index is 1.66. The minimum atomic E-state index is -0.216. The maximum atomic E-state index is 6.13. The normalized spacial score (nSPS) is 29.3. The summed E-state index contributed by atoms with van der Waals surface area (Å²) in [5.41, 5.74) is 6.97. The van der Waals surface area contributed by atoms with Crippen LogP contribution in [0.25, 0.3) is 0 Å². The average Bonchev–Trinajstić information content (AvgIpc) is 2.92. The molecule has 1 aromatic carbocycles. The molecule has 23 heavy (non-hydrogen) atoms. The Bertz CT molecular complexity index is 689. The van der Waals surface area contributed by atoms with Crippen LogP contribution >= 0.6 is 11.6 Å². The first-order valence-corrected chi connectivity index (χ1v) is 8.33. The summed E-state index contributed by atoms with van der Waals surface area (Å²) in [5.74, 6) is 2.01. The molecule has 3 N–H and O–H groups in total. The predicted molar refractivity (Wildman–Crippen MR) is 91.3 cm³/mol. The standard InChI is InChI=1S/C16H20ClN5O/c1-19-10-3-2-6-22(8-10)15-14-13(20-16(18)21-15)11-7-9(17)4-5-12(11)23-14/h4-5,7,10,13-14,19H,2-3,6,8H2,1H3,(H2,18,20)/t10-,13?,14?/m0/s1. The van der Waals surface area contributed by atoms with Crippen LogP contribution in [0.3, 0.4) is 0 Å². The van der Waals surface area contributed by atoms with Crippen LogP contribution in [0, 0.1) is 0 Å². The highest BCUT2D eigenvalue weighted by atomic mass is 35.5. The lowest BCUT2D eigenvalue weighted by molar-refractivity contribution is 0.221. The molecule has 3 aliphatic rings. The number of nitrogens with one attached hydrogen (secondary N) is 1. The molecule has 7 heteroatoms. The summed E-state index contributed by atoms with van der Waals surface area (Å²) in [5, 5.41) is 4.03. The third kappa shape index (κ3) is 2.56. The molecular weight excluding hydrogens is 314 g/mol. The first-order valence-electron chi connectivity index (χ1n) is 7.96. The summed E-state index contributed by atoms with van der Waals surface area (Å²) in [6.45, 7) is 1.88. The van der Waals surface area contributed by atoms with Gasteiger partial charge in [0.15, 0.2) is 11.9 Å². The Hall–Kier alpha value is -1.79. The zero-order chi connectivity index (χ0) is 16.0. The number of nitrogens with zero attached hydrogens (tertiary/aromatic N) is 3. The fraction of sp³-hybridized carbons (Fsp3) is 0.500. The minimum absolute atomic E-state index is 0.161. The van der Waals surface area contributed by atoms with Gasteiger partial charge in [-0.3, -0.25) is 0 Å². The van der Waals surface area contributed by atoms with Crippen molar-refractivity contribution >= 4 is 23.4 Å². The van der Waals surface area contributed by atoms with Gasteiger partial charge in [-0.15, -0.1) is 0 Å². The van der Waals surface area contributed by atoms with E-state index in [4.69, 9.17) is 22.1 Å². The van der Waals surface area contributed by atoms with Crippen molar-refractivity contribution < 1.29 is 4.74 Å². The summed E-state index contributed by atoms with van der Waals surface area (Å²) in [6, 6.07) is 5.94. The van der Waals surface area contributed by atoms with Gasteiger partial charge in [-0.25, -0.2) is 4.99 Å². The van der Waals surface area contributed by atoms with E-state index in [-0.39, 0.29) is 12.1 Å². The summed E-state index contributed by atoms with van der Waals surface area (Å²) in [4.78, 5) is 11.3. The molecule has 3 aliphatic heterocycles. The van der Waals surface area contributed by atoms with Crippen LogP contribution in [0.4, 0.5) is 0 Å². The zero-order valence-electron chi connectivity index (χ0n) is 13.0. The lowest BCUT2D eigenvalue weighted by atomic mass is 10.00. The Kier molecular flexibility index (Phi) is 3.66. The van der Waals surface area contributed by atoms with E-state index < -0.39 is 0 Å². The van der Waals surface area contributed by atoms with E-state index in [0.29, 0.717) is 17.0 Å². The molecule has 1 saturated heterocycles. The number of piperidine rings is 1. The molecule has 0 saturated carbocycles. The fourth-order valence-corrected chi connectivity index (χ4v) is 3.76. The van der Waals surface area contributed by atoms with E-state index >= 15 is 0 Å². The van der Waals surface area contributed by atoms with Crippen molar-refractivity contribution in [2.24, 2.45) is 15.7 Å². The Morgan fingerprint density at radius 3 is 3.13 bits per heavy atom. The Morgan fingerprint density at radius 1 is 1.43 bits per heavy atom. The fourth-order valence-electron chi connectivity index (χ4n) is 3.58. The number of ether oxygens (including phenoxy) is 1. The van der Waals surface area contributed by atoms with E-state index in [0.717, 1.165) is 36.7 Å². The molecule has 1 aromatic rings. The minimum Gasteiger partial charge on any atom is -0.479 e. The van der Waals surface area contributed by atoms with E-state index in [1.165, 1.54) is 6.42 Å². The van der Waals surface area contributed by atoms with Gasteiger partial charge in [0.2, 0.25) is 5.96 Å². The summed E-state index contributed by atoms with van der Waals surface area (Å²) in [7, 11) is 2.00. The number of benzene rings is 1. The third-order valence-corrected chi connectivity index (χ3v) is 4.97. The van der Waals surface area contributed by atoms with Crippen LogP contribution < -0.4 is 15.8 Å². The third-order valence-electron chi connectivity index (χ3n) is 4.74. The van der Waals surface area contributed by atoms with Crippen LogP contribution in [0.15, 0.2) is 28.2 Å². The number of hydrogen-bond acceptors (Lipinski definition) is 6. The second-order valence-corrected chi connectivity index (χ2v) is 6.63. The first kappa shape index (κ1) is 14.8. The lowest BCUT2D eigenvalue weighted by Crippen LogP contribution is -2.53. The molecule has 0 amide bonds. The summed E-state index contributed by atoms with van der Waals surface area (Å²) < 4.78 is 6.13. The topological polar surface area (TPSA) is 75.2 Å². The molecule has 1 fully saturated rings. The van der Waals surface area contributed by atoms with Gasteiger partial charge < -0.3 is 20.7 Å². The smallest absolute Gasteiger partial charge is 0.217 e. The molecule has 0 spiro atoms. The van der Waals surface area contributed by atoms with E-state index in [2.05, 4.69) is 20.2 Å². The zero-order valence-corrected chi connectivity index (χ0v) is 13.8. The predicted octanol–water partition coefficient (Wildman–Crippen LogP) is 1.55. The Labute approximate surface area is 140 Å².